The lowest BCUT2D eigenvalue weighted by atomic mass is 10.0. The van der Waals surface area contributed by atoms with Crippen molar-refractivity contribution in [1.29, 1.82) is 0 Å². The first-order valence-corrected chi connectivity index (χ1v) is 5.02. The third kappa shape index (κ3) is 3.72. The molecule has 1 rings (SSSR count). The Balaban J connectivity index is 2.57. The zero-order valence-electron chi connectivity index (χ0n) is 9.37. The van der Waals surface area contributed by atoms with Crippen LogP contribution in [-0.4, -0.2) is 12.6 Å². The summed E-state index contributed by atoms with van der Waals surface area (Å²) in [6.07, 6.45) is 0.251. The maximum Gasteiger partial charge on any atom is 0.346 e. The predicted molar refractivity (Wildman–Crippen MR) is 57.3 cm³/mol. The average molecular weight is 208 g/mol. The highest BCUT2D eigenvalue weighted by Crippen LogP contribution is 2.10. The fourth-order valence-corrected chi connectivity index (χ4v) is 1.23. The van der Waals surface area contributed by atoms with E-state index in [9.17, 15) is 4.79 Å². The smallest absolute Gasteiger partial charge is 0.298 e. The van der Waals surface area contributed by atoms with Gasteiger partial charge in [0.2, 0.25) is 0 Å². The third-order valence-electron chi connectivity index (χ3n) is 2.19. The van der Waals surface area contributed by atoms with Crippen LogP contribution < -0.4 is 0 Å². The maximum atomic E-state index is 11.2. The van der Waals surface area contributed by atoms with Gasteiger partial charge in [-0.1, -0.05) is 18.2 Å². The molecule has 0 unspecified atom stereocenters. The van der Waals surface area contributed by atoms with Gasteiger partial charge >= 0.3 is 5.97 Å². The third-order valence-corrected chi connectivity index (χ3v) is 2.19. The number of aryl methyl sites for hydroxylation is 2. The number of carbonyl (C=O) groups is 1. The van der Waals surface area contributed by atoms with Crippen molar-refractivity contribution in [2.75, 3.05) is 6.61 Å². The van der Waals surface area contributed by atoms with Gasteiger partial charge in [0.25, 0.3) is 0 Å². The minimum absolute atomic E-state index is 0.251. The molecule has 1 aromatic rings. The van der Waals surface area contributed by atoms with Crippen LogP contribution in [0.1, 0.15) is 23.6 Å². The van der Waals surface area contributed by atoms with Gasteiger partial charge in [-0.3, -0.25) is 4.89 Å². The first-order chi connectivity index (χ1) is 7.13. The highest BCUT2D eigenvalue weighted by atomic mass is 17.2. The van der Waals surface area contributed by atoms with Crippen molar-refractivity contribution in [3.63, 3.8) is 0 Å². The van der Waals surface area contributed by atoms with Crippen molar-refractivity contribution in [3.8, 4) is 0 Å². The first kappa shape index (κ1) is 11.7. The highest BCUT2D eigenvalue weighted by Gasteiger charge is 2.06. The molecule has 0 aliphatic heterocycles. The van der Waals surface area contributed by atoms with Crippen molar-refractivity contribution in [3.05, 3.63) is 34.9 Å². The summed E-state index contributed by atoms with van der Waals surface area (Å²) in [5, 5.41) is 0. The van der Waals surface area contributed by atoms with E-state index in [-0.39, 0.29) is 12.4 Å². The molecule has 0 saturated carbocycles. The largest absolute Gasteiger partial charge is 0.346 e. The molecular formula is C12H16O3. The summed E-state index contributed by atoms with van der Waals surface area (Å²) in [6.45, 7) is 6.20. The number of rotatable bonds is 4. The second-order valence-electron chi connectivity index (χ2n) is 3.46. The number of carbonyl (C=O) groups excluding carboxylic acids is 1. The van der Waals surface area contributed by atoms with Gasteiger partial charge in [0.05, 0.1) is 13.0 Å². The Kier molecular flexibility index (Phi) is 4.31. The lowest BCUT2D eigenvalue weighted by Gasteiger charge is -2.04. The summed E-state index contributed by atoms with van der Waals surface area (Å²) in [6, 6.07) is 5.91. The Bertz CT molecular complexity index is 345. The molecular weight excluding hydrogens is 192 g/mol. The minimum atomic E-state index is -0.361. The lowest BCUT2D eigenvalue weighted by molar-refractivity contribution is -0.268. The Labute approximate surface area is 89.9 Å². The summed E-state index contributed by atoms with van der Waals surface area (Å²) in [5.41, 5.74) is 3.34. The fraction of sp³-hybridized carbons (Fsp3) is 0.417. The van der Waals surface area contributed by atoms with Gasteiger partial charge in [-0.05, 0) is 37.5 Å². The van der Waals surface area contributed by atoms with Crippen LogP contribution in [0.3, 0.4) is 0 Å². The molecule has 3 heteroatoms. The second-order valence-corrected chi connectivity index (χ2v) is 3.46. The molecule has 0 amide bonds. The molecule has 0 fully saturated rings. The number of hydrogen-bond acceptors (Lipinski definition) is 3. The highest BCUT2D eigenvalue weighted by molar-refractivity contribution is 5.72. The molecule has 82 valence electrons. The van der Waals surface area contributed by atoms with E-state index in [4.69, 9.17) is 0 Å². The van der Waals surface area contributed by atoms with Crippen molar-refractivity contribution in [2.45, 2.75) is 27.2 Å². The van der Waals surface area contributed by atoms with Crippen molar-refractivity contribution >= 4 is 5.97 Å². The van der Waals surface area contributed by atoms with Gasteiger partial charge in [0.15, 0.2) is 0 Å². The summed E-state index contributed by atoms with van der Waals surface area (Å²) in [4.78, 5) is 20.3. The van der Waals surface area contributed by atoms with Crippen LogP contribution in [0.5, 0.6) is 0 Å². The summed E-state index contributed by atoms with van der Waals surface area (Å²) in [7, 11) is 0. The van der Waals surface area contributed by atoms with Gasteiger partial charge in [0.1, 0.15) is 0 Å². The molecule has 0 aromatic heterocycles. The standard InChI is InChI=1S/C12H16O3/c1-4-14-15-12(13)8-11-6-5-9(2)10(3)7-11/h5-7H,4,8H2,1-3H3. The van der Waals surface area contributed by atoms with E-state index in [0.717, 1.165) is 5.56 Å². The lowest BCUT2D eigenvalue weighted by Crippen LogP contribution is -2.08. The fourth-order valence-electron chi connectivity index (χ4n) is 1.23. The number of benzene rings is 1. The molecule has 15 heavy (non-hydrogen) atoms. The van der Waals surface area contributed by atoms with Gasteiger partial charge in [0, 0.05) is 0 Å². The first-order valence-electron chi connectivity index (χ1n) is 5.02. The van der Waals surface area contributed by atoms with E-state index in [0.29, 0.717) is 6.61 Å². The molecule has 1 aromatic carbocycles. The normalized spacial score (nSPS) is 10.1. The minimum Gasteiger partial charge on any atom is -0.298 e. The van der Waals surface area contributed by atoms with Crippen LogP contribution in [0.25, 0.3) is 0 Å². The molecule has 0 saturated heterocycles. The van der Waals surface area contributed by atoms with Crippen molar-refractivity contribution in [2.24, 2.45) is 0 Å². The average Bonchev–Trinajstić information content (AvgIpc) is 2.20. The molecule has 0 atom stereocenters. The van der Waals surface area contributed by atoms with E-state index in [1.165, 1.54) is 11.1 Å². The van der Waals surface area contributed by atoms with Crippen LogP contribution in [0, 0.1) is 13.8 Å². The Morgan fingerprint density at radius 3 is 2.60 bits per heavy atom. The number of hydrogen-bond donors (Lipinski definition) is 0. The van der Waals surface area contributed by atoms with Gasteiger partial charge in [-0.15, -0.1) is 0 Å². The van der Waals surface area contributed by atoms with Crippen molar-refractivity contribution in [1.82, 2.24) is 0 Å². The van der Waals surface area contributed by atoms with Crippen LogP contribution >= 0.6 is 0 Å². The molecule has 0 aliphatic rings. The van der Waals surface area contributed by atoms with E-state index >= 15 is 0 Å². The van der Waals surface area contributed by atoms with E-state index < -0.39 is 0 Å². The topological polar surface area (TPSA) is 35.5 Å². The predicted octanol–water partition coefficient (Wildman–Crippen LogP) is 2.34. The summed E-state index contributed by atoms with van der Waals surface area (Å²) >= 11 is 0. The summed E-state index contributed by atoms with van der Waals surface area (Å²) in [5.74, 6) is -0.361. The molecule has 3 nitrogen and oxygen atoms in total. The van der Waals surface area contributed by atoms with Gasteiger partial charge in [-0.25, -0.2) is 4.79 Å². The SMILES string of the molecule is CCOOC(=O)Cc1ccc(C)c(C)c1. The summed E-state index contributed by atoms with van der Waals surface area (Å²) < 4.78 is 0. The quantitative estimate of drug-likeness (QED) is 0.562. The zero-order chi connectivity index (χ0) is 11.3. The van der Waals surface area contributed by atoms with Gasteiger partial charge < -0.3 is 0 Å². The molecule has 0 bridgehead atoms. The molecule has 0 N–H and O–H groups in total. The molecule has 0 spiro atoms. The van der Waals surface area contributed by atoms with E-state index in [1.54, 1.807) is 6.92 Å². The maximum absolute atomic E-state index is 11.2. The monoisotopic (exact) mass is 208 g/mol. The second kappa shape index (κ2) is 5.51. The van der Waals surface area contributed by atoms with Crippen LogP contribution in [-0.2, 0) is 21.0 Å². The van der Waals surface area contributed by atoms with Crippen LogP contribution in [0.4, 0.5) is 0 Å². The van der Waals surface area contributed by atoms with E-state index in [2.05, 4.69) is 9.78 Å². The molecule has 0 radical (unpaired) electrons. The van der Waals surface area contributed by atoms with E-state index in [1.807, 2.05) is 32.0 Å². The Morgan fingerprint density at radius 1 is 1.27 bits per heavy atom. The molecule has 0 heterocycles. The molecule has 0 aliphatic carbocycles. The van der Waals surface area contributed by atoms with Gasteiger partial charge in [-0.2, -0.15) is 4.89 Å². The Hall–Kier alpha value is -1.35. The Morgan fingerprint density at radius 2 is 2.00 bits per heavy atom. The van der Waals surface area contributed by atoms with Crippen LogP contribution in [0.15, 0.2) is 18.2 Å². The zero-order valence-corrected chi connectivity index (χ0v) is 9.37. The van der Waals surface area contributed by atoms with Crippen LogP contribution in [0.2, 0.25) is 0 Å². The van der Waals surface area contributed by atoms with Crippen molar-refractivity contribution < 1.29 is 14.6 Å².